The molecule has 3 nitrogen and oxygen atoms in total. The Morgan fingerprint density at radius 2 is 1.65 bits per heavy atom. The third-order valence-electron chi connectivity index (χ3n) is 3.51. The summed E-state index contributed by atoms with van der Waals surface area (Å²) in [6.07, 6.45) is 4.79. The number of hydrogen-bond donors (Lipinski definition) is 0. The highest BCUT2D eigenvalue weighted by Crippen LogP contribution is 2.23. The third-order valence-corrected chi connectivity index (χ3v) is 7.18. The first-order chi connectivity index (χ1) is 11.0. The highest BCUT2D eigenvalue weighted by Gasteiger charge is 2.15. The molecular weight excluding hydrogens is 631 g/mol. The van der Waals surface area contributed by atoms with Crippen molar-refractivity contribution in [2.75, 3.05) is 26.2 Å². The molecule has 130 valence electrons. The van der Waals surface area contributed by atoms with Crippen LogP contribution in [0.4, 0.5) is 0 Å². The molecule has 0 atom stereocenters. The van der Waals surface area contributed by atoms with Gasteiger partial charge in [0.25, 0.3) is 0 Å². The second kappa shape index (κ2) is 12.2. The van der Waals surface area contributed by atoms with Gasteiger partial charge in [-0.1, -0.05) is 26.7 Å². The summed E-state index contributed by atoms with van der Waals surface area (Å²) in [5, 5.41) is 0. The number of nitrogens with zero attached hydrogens (tertiary/aromatic N) is 1. The topological polar surface area (TPSA) is 29.5 Å². The van der Waals surface area contributed by atoms with Crippen LogP contribution < -0.4 is 0 Å². The van der Waals surface area contributed by atoms with Crippen LogP contribution in [0.2, 0.25) is 0 Å². The molecule has 0 unspecified atom stereocenters. The zero-order valence-electron chi connectivity index (χ0n) is 13.7. The molecule has 0 bridgehead atoms. The van der Waals surface area contributed by atoms with Gasteiger partial charge in [-0.25, -0.2) is 4.79 Å². The van der Waals surface area contributed by atoms with E-state index in [0.29, 0.717) is 12.2 Å². The van der Waals surface area contributed by atoms with Gasteiger partial charge in [-0.05, 0) is 106 Å². The van der Waals surface area contributed by atoms with Crippen molar-refractivity contribution >= 4 is 73.7 Å². The van der Waals surface area contributed by atoms with Gasteiger partial charge in [-0.3, -0.25) is 4.90 Å². The predicted octanol–water partition coefficient (Wildman–Crippen LogP) is 5.56. The van der Waals surface area contributed by atoms with Crippen LogP contribution in [0.25, 0.3) is 0 Å². The molecule has 0 saturated heterocycles. The van der Waals surface area contributed by atoms with E-state index in [1.165, 1.54) is 25.7 Å². The Morgan fingerprint density at radius 3 is 2.22 bits per heavy atom. The number of hydrogen-bond acceptors (Lipinski definition) is 3. The maximum Gasteiger partial charge on any atom is 0.339 e. The van der Waals surface area contributed by atoms with Crippen molar-refractivity contribution in [1.29, 1.82) is 0 Å². The van der Waals surface area contributed by atoms with Crippen LogP contribution in [-0.4, -0.2) is 37.1 Å². The number of benzene rings is 1. The van der Waals surface area contributed by atoms with E-state index >= 15 is 0 Å². The van der Waals surface area contributed by atoms with Crippen LogP contribution in [0.15, 0.2) is 12.1 Å². The zero-order chi connectivity index (χ0) is 17.2. The highest BCUT2D eigenvalue weighted by atomic mass is 127. The van der Waals surface area contributed by atoms with Gasteiger partial charge in [0.2, 0.25) is 0 Å². The van der Waals surface area contributed by atoms with Gasteiger partial charge < -0.3 is 4.74 Å². The molecule has 0 radical (unpaired) electrons. The molecule has 0 amide bonds. The molecule has 0 aliphatic heterocycles. The fourth-order valence-electron chi connectivity index (χ4n) is 2.15. The van der Waals surface area contributed by atoms with Crippen LogP contribution >= 0.6 is 67.8 Å². The van der Waals surface area contributed by atoms with Crippen molar-refractivity contribution < 1.29 is 9.53 Å². The molecule has 0 spiro atoms. The largest absolute Gasteiger partial charge is 0.461 e. The van der Waals surface area contributed by atoms with Gasteiger partial charge in [0.15, 0.2) is 0 Å². The Labute approximate surface area is 180 Å². The summed E-state index contributed by atoms with van der Waals surface area (Å²) in [6, 6.07) is 3.97. The van der Waals surface area contributed by atoms with E-state index in [0.717, 1.165) is 30.3 Å². The molecule has 23 heavy (non-hydrogen) atoms. The second-order valence-corrected chi connectivity index (χ2v) is 8.92. The maximum atomic E-state index is 12.3. The van der Waals surface area contributed by atoms with E-state index in [1.54, 1.807) is 0 Å². The first-order valence-corrected chi connectivity index (χ1v) is 11.3. The summed E-state index contributed by atoms with van der Waals surface area (Å²) in [4.78, 5) is 14.7. The number of halogens is 3. The Hall–Kier alpha value is 0.840. The Kier molecular flexibility index (Phi) is 11.6. The minimum absolute atomic E-state index is 0.211. The van der Waals surface area contributed by atoms with Crippen LogP contribution in [0.1, 0.15) is 49.9 Å². The molecule has 1 aromatic rings. The van der Waals surface area contributed by atoms with Gasteiger partial charge in [0, 0.05) is 17.3 Å². The molecular formula is C17H24I3NO2. The van der Waals surface area contributed by atoms with Gasteiger partial charge in [0.1, 0.15) is 6.61 Å². The van der Waals surface area contributed by atoms with Crippen LogP contribution in [0.5, 0.6) is 0 Å². The first-order valence-electron chi connectivity index (χ1n) is 8.03. The van der Waals surface area contributed by atoms with Crippen LogP contribution in [0, 0.1) is 10.7 Å². The molecule has 0 aliphatic rings. The van der Waals surface area contributed by atoms with E-state index in [2.05, 4.69) is 92.6 Å². The number of carbonyl (C=O) groups is 1. The van der Waals surface area contributed by atoms with Crippen LogP contribution in [-0.2, 0) is 4.74 Å². The zero-order valence-corrected chi connectivity index (χ0v) is 20.2. The molecule has 0 aromatic heterocycles. The Balaban J connectivity index is 2.54. The lowest BCUT2D eigenvalue weighted by Crippen LogP contribution is -2.30. The number of rotatable bonds is 10. The smallest absolute Gasteiger partial charge is 0.339 e. The van der Waals surface area contributed by atoms with E-state index in [-0.39, 0.29) is 5.97 Å². The predicted molar refractivity (Wildman–Crippen MR) is 121 cm³/mol. The molecule has 0 aliphatic carbocycles. The molecule has 0 heterocycles. The molecule has 0 N–H and O–H groups in total. The number of esters is 1. The lowest BCUT2D eigenvalue weighted by Gasteiger charge is -2.21. The minimum Gasteiger partial charge on any atom is -0.461 e. The molecule has 0 saturated carbocycles. The Morgan fingerprint density at radius 1 is 1.04 bits per heavy atom. The molecule has 1 rings (SSSR count). The lowest BCUT2D eigenvalue weighted by atomic mass is 10.2. The SMILES string of the molecule is CCCCN(CCCC)CCOC(=O)c1cc(I)cc(I)c1I. The highest BCUT2D eigenvalue weighted by molar-refractivity contribution is 14.1. The maximum absolute atomic E-state index is 12.3. The van der Waals surface area contributed by atoms with Gasteiger partial charge in [-0.2, -0.15) is 0 Å². The third kappa shape index (κ3) is 8.17. The van der Waals surface area contributed by atoms with E-state index in [1.807, 2.05) is 6.07 Å². The quantitative estimate of drug-likeness (QED) is 0.188. The summed E-state index contributed by atoms with van der Waals surface area (Å²) in [5.74, 6) is -0.211. The average molecular weight is 655 g/mol. The summed E-state index contributed by atoms with van der Waals surface area (Å²) in [7, 11) is 0. The normalized spacial score (nSPS) is 11.0. The first kappa shape index (κ1) is 21.9. The van der Waals surface area contributed by atoms with Crippen molar-refractivity contribution in [2.24, 2.45) is 0 Å². The van der Waals surface area contributed by atoms with Gasteiger partial charge >= 0.3 is 5.97 Å². The summed E-state index contributed by atoms with van der Waals surface area (Å²) in [6.45, 7) is 7.88. The average Bonchev–Trinajstić information content (AvgIpc) is 2.52. The molecule has 1 aromatic carbocycles. The fraction of sp³-hybridized carbons (Fsp3) is 0.588. The van der Waals surface area contributed by atoms with E-state index < -0.39 is 0 Å². The number of ether oxygens (including phenoxy) is 1. The molecule has 6 heteroatoms. The number of carbonyl (C=O) groups excluding carboxylic acids is 1. The Bertz CT molecular complexity index is 501. The van der Waals surface area contributed by atoms with E-state index in [9.17, 15) is 4.79 Å². The summed E-state index contributed by atoms with van der Waals surface area (Å²) < 4.78 is 8.65. The summed E-state index contributed by atoms with van der Waals surface area (Å²) >= 11 is 6.71. The summed E-state index contributed by atoms with van der Waals surface area (Å²) in [5.41, 5.74) is 0.676. The molecule has 0 fully saturated rings. The minimum atomic E-state index is -0.211. The van der Waals surface area contributed by atoms with E-state index in [4.69, 9.17) is 4.74 Å². The van der Waals surface area contributed by atoms with Gasteiger partial charge in [0.05, 0.1) is 5.56 Å². The number of unbranched alkanes of at least 4 members (excludes halogenated alkanes) is 2. The van der Waals surface area contributed by atoms with Crippen LogP contribution in [0.3, 0.4) is 0 Å². The van der Waals surface area contributed by atoms with Crippen molar-refractivity contribution in [3.8, 4) is 0 Å². The van der Waals surface area contributed by atoms with Gasteiger partial charge in [-0.15, -0.1) is 0 Å². The standard InChI is InChI=1S/C17H24I3NO2/c1-3-5-7-21(8-6-4-2)9-10-23-17(22)14-11-13(18)12-15(19)16(14)20/h11-12H,3-10H2,1-2H3. The van der Waals surface area contributed by atoms with Crippen molar-refractivity contribution in [2.45, 2.75) is 39.5 Å². The van der Waals surface area contributed by atoms with Crippen molar-refractivity contribution in [1.82, 2.24) is 4.90 Å². The van der Waals surface area contributed by atoms with Crippen molar-refractivity contribution in [3.05, 3.63) is 28.4 Å². The van der Waals surface area contributed by atoms with Crippen molar-refractivity contribution in [3.63, 3.8) is 0 Å². The fourth-order valence-corrected chi connectivity index (χ4v) is 4.52. The monoisotopic (exact) mass is 655 g/mol. The lowest BCUT2D eigenvalue weighted by molar-refractivity contribution is 0.0459. The second-order valence-electron chi connectivity index (χ2n) is 5.43.